The molecule has 0 saturated heterocycles. The Labute approximate surface area is 222 Å². The number of nitrogens with two attached hydrogens (primary N) is 1. The quantitative estimate of drug-likeness (QED) is 0.466. The molecule has 2 aromatic rings. The summed E-state index contributed by atoms with van der Waals surface area (Å²) < 4.78 is 98.0. The van der Waals surface area contributed by atoms with Crippen LogP contribution in [0.3, 0.4) is 0 Å². The summed E-state index contributed by atoms with van der Waals surface area (Å²) in [5.74, 6) is -6.49. The second-order valence-corrected chi connectivity index (χ2v) is 12.5. The standard InChI is InChI=1S/C26H28F5N3O4S/c1-38-23-16(4-5-20(27)22(23)28)18-8-14(25-10-13(11-25)19(12-25)26(29,30)31)2-3-17(18)24(35)34-15-6-7-33-21(9-15)39(32,36)37/h4-7,9,13-14,17-19H,2-3,8,10-12H2,1H3,(H2,32,36,37)(H,33,34,35)/t13?,14?,17?,18-,19?,25?/m0/s1. The number of carbonyl (C=O) groups excluding carboxylic acids is 1. The number of amides is 1. The highest BCUT2D eigenvalue weighted by atomic mass is 32.2. The largest absolute Gasteiger partial charge is 0.493 e. The van der Waals surface area contributed by atoms with Crippen LogP contribution < -0.4 is 15.2 Å². The number of nitrogens with zero attached hydrogens (tertiary/aromatic N) is 1. The summed E-state index contributed by atoms with van der Waals surface area (Å²) in [5, 5.41) is 7.35. The Morgan fingerprint density at radius 2 is 1.87 bits per heavy atom. The minimum Gasteiger partial charge on any atom is -0.493 e. The van der Waals surface area contributed by atoms with E-state index in [-0.39, 0.29) is 29.3 Å². The van der Waals surface area contributed by atoms with E-state index in [2.05, 4.69) is 10.3 Å². The molecule has 4 fully saturated rings. The first-order valence-electron chi connectivity index (χ1n) is 12.6. The van der Waals surface area contributed by atoms with Gasteiger partial charge in [0.25, 0.3) is 10.0 Å². The van der Waals surface area contributed by atoms with E-state index in [0.717, 1.165) is 12.1 Å². The summed E-state index contributed by atoms with van der Waals surface area (Å²) in [6.45, 7) is 0. The fourth-order valence-electron chi connectivity index (χ4n) is 7.23. The number of sulfonamides is 1. The van der Waals surface area contributed by atoms with Crippen LogP contribution in [0.2, 0.25) is 0 Å². The predicted molar refractivity (Wildman–Crippen MR) is 130 cm³/mol. The van der Waals surface area contributed by atoms with Gasteiger partial charge >= 0.3 is 6.18 Å². The van der Waals surface area contributed by atoms with Gasteiger partial charge in [-0.2, -0.15) is 17.6 Å². The van der Waals surface area contributed by atoms with Gasteiger partial charge in [-0.05, 0) is 73.8 Å². The van der Waals surface area contributed by atoms with Crippen molar-refractivity contribution in [3.05, 3.63) is 47.7 Å². The zero-order valence-electron chi connectivity index (χ0n) is 21.0. The van der Waals surface area contributed by atoms with E-state index >= 15 is 0 Å². The molecule has 0 spiro atoms. The molecule has 4 atom stereocenters. The molecule has 0 radical (unpaired) electrons. The van der Waals surface area contributed by atoms with Crippen molar-refractivity contribution in [3.63, 3.8) is 0 Å². The fraction of sp³-hybridized carbons (Fsp3) is 0.538. The zero-order valence-corrected chi connectivity index (χ0v) is 21.8. The molecule has 1 heterocycles. The lowest BCUT2D eigenvalue weighted by Gasteiger charge is -2.49. The van der Waals surface area contributed by atoms with Gasteiger partial charge in [0.05, 0.1) is 13.0 Å². The first-order valence-corrected chi connectivity index (χ1v) is 14.2. The number of benzene rings is 1. The highest BCUT2D eigenvalue weighted by Gasteiger charge is 2.66. The number of hydrogen-bond donors (Lipinski definition) is 2. The first-order chi connectivity index (χ1) is 18.2. The van der Waals surface area contributed by atoms with Crippen molar-refractivity contribution in [1.29, 1.82) is 0 Å². The van der Waals surface area contributed by atoms with E-state index in [1.165, 1.54) is 25.4 Å². The smallest absolute Gasteiger partial charge is 0.392 e. The molecule has 1 aromatic carbocycles. The Morgan fingerprint density at radius 1 is 1.15 bits per heavy atom. The topological polar surface area (TPSA) is 111 Å². The molecule has 7 nitrogen and oxygen atoms in total. The average Bonchev–Trinajstić information content (AvgIpc) is 3.43. The molecule has 212 valence electrons. The molecule has 3 N–H and O–H groups in total. The van der Waals surface area contributed by atoms with Crippen LogP contribution in [0, 0.1) is 40.7 Å². The van der Waals surface area contributed by atoms with E-state index < -0.39 is 67.9 Å². The molecule has 4 saturated carbocycles. The van der Waals surface area contributed by atoms with Crippen molar-refractivity contribution in [1.82, 2.24) is 4.98 Å². The lowest BCUT2D eigenvalue weighted by atomic mass is 9.55. The minimum atomic E-state index is -4.26. The van der Waals surface area contributed by atoms with Crippen molar-refractivity contribution < 1.29 is 39.9 Å². The number of carbonyl (C=O) groups is 1. The molecule has 2 bridgehead atoms. The first kappa shape index (κ1) is 27.8. The van der Waals surface area contributed by atoms with Crippen LogP contribution in [0.4, 0.5) is 27.6 Å². The lowest BCUT2D eigenvalue weighted by molar-refractivity contribution is -0.180. The molecule has 39 heavy (non-hydrogen) atoms. The number of nitrogens with one attached hydrogen (secondary N) is 1. The number of alkyl halides is 3. The maximum Gasteiger partial charge on any atom is 0.392 e. The van der Waals surface area contributed by atoms with E-state index in [9.17, 15) is 35.2 Å². The van der Waals surface area contributed by atoms with Crippen LogP contribution in [0.1, 0.15) is 50.0 Å². The number of ether oxygens (including phenoxy) is 1. The monoisotopic (exact) mass is 573 g/mol. The number of fused-ring (bicyclic) bond motifs is 1. The van der Waals surface area contributed by atoms with Crippen molar-refractivity contribution in [3.8, 4) is 5.75 Å². The number of halogens is 5. The molecule has 3 unspecified atom stereocenters. The second-order valence-electron chi connectivity index (χ2n) is 11.0. The summed E-state index contributed by atoms with van der Waals surface area (Å²) >= 11 is 0. The van der Waals surface area contributed by atoms with E-state index in [4.69, 9.17) is 9.88 Å². The van der Waals surface area contributed by atoms with Gasteiger partial charge in [0.15, 0.2) is 16.6 Å². The molecule has 13 heteroatoms. The number of primary sulfonamides is 1. The van der Waals surface area contributed by atoms with Crippen LogP contribution in [-0.4, -0.2) is 32.6 Å². The number of rotatable bonds is 6. The van der Waals surface area contributed by atoms with E-state index in [1.807, 2.05) is 0 Å². The molecule has 4 aliphatic rings. The fourth-order valence-corrected chi connectivity index (χ4v) is 7.73. The third-order valence-corrected chi connectivity index (χ3v) is 9.79. The Bertz CT molecular complexity index is 1390. The molecular formula is C26H28F5N3O4S. The van der Waals surface area contributed by atoms with Gasteiger partial charge in [0.2, 0.25) is 11.7 Å². The highest BCUT2D eigenvalue weighted by Crippen LogP contribution is 2.70. The van der Waals surface area contributed by atoms with Crippen molar-refractivity contribution in [2.75, 3.05) is 12.4 Å². The number of aromatic nitrogens is 1. The lowest BCUT2D eigenvalue weighted by Crippen LogP contribution is -2.42. The Balaban J connectivity index is 1.45. The average molecular weight is 574 g/mol. The zero-order chi connectivity index (χ0) is 28.3. The normalized spacial score (nSPS) is 30.5. The number of anilines is 1. The van der Waals surface area contributed by atoms with Gasteiger partial charge in [-0.25, -0.2) is 22.9 Å². The van der Waals surface area contributed by atoms with Crippen LogP contribution in [-0.2, 0) is 14.8 Å². The molecule has 6 rings (SSSR count). The molecule has 1 amide bonds. The Kier molecular flexibility index (Phi) is 6.89. The summed E-state index contributed by atoms with van der Waals surface area (Å²) in [7, 11) is -2.94. The summed E-state index contributed by atoms with van der Waals surface area (Å²) in [6.07, 6.45) is -1.03. The van der Waals surface area contributed by atoms with Crippen molar-refractivity contribution >= 4 is 21.6 Å². The van der Waals surface area contributed by atoms with Crippen LogP contribution in [0.15, 0.2) is 35.5 Å². The van der Waals surface area contributed by atoms with Gasteiger partial charge < -0.3 is 10.1 Å². The van der Waals surface area contributed by atoms with Gasteiger partial charge in [-0.1, -0.05) is 6.07 Å². The molecule has 1 aromatic heterocycles. The van der Waals surface area contributed by atoms with Gasteiger partial charge in [0.1, 0.15) is 0 Å². The third-order valence-electron chi connectivity index (χ3n) is 8.98. The van der Waals surface area contributed by atoms with Gasteiger partial charge in [0, 0.05) is 29.4 Å². The van der Waals surface area contributed by atoms with Crippen molar-refractivity contribution in [2.45, 2.75) is 55.6 Å². The molecule has 0 aliphatic heterocycles. The molecule has 4 aliphatic carbocycles. The number of methoxy groups -OCH3 is 1. The second kappa shape index (κ2) is 9.69. The van der Waals surface area contributed by atoms with Crippen LogP contribution in [0.25, 0.3) is 0 Å². The Morgan fingerprint density at radius 3 is 2.49 bits per heavy atom. The maximum atomic E-state index is 14.7. The number of pyridine rings is 1. The van der Waals surface area contributed by atoms with E-state index in [1.54, 1.807) is 0 Å². The van der Waals surface area contributed by atoms with Crippen LogP contribution >= 0.6 is 0 Å². The minimum absolute atomic E-state index is 0.0394. The van der Waals surface area contributed by atoms with Crippen LogP contribution in [0.5, 0.6) is 5.75 Å². The molecular weight excluding hydrogens is 545 g/mol. The van der Waals surface area contributed by atoms with E-state index in [0.29, 0.717) is 32.1 Å². The van der Waals surface area contributed by atoms with Gasteiger partial charge in [-0.3, -0.25) is 4.79 Å². The van der Waals surface area contributed by atoms with Gasteiger partial charge in [-0.15, -0.1) is 0 Å². The SMILES string of the molecule is COc1c([C@@H]2CC(C34CC(C3)C(C(F)(F)F)C4)CCC2C(=O)Nc2ccnc(S(N)(=O)=O)c2)ccc(F)c1F. The van der Waals surface area contributed by atoms with Crippen molar-refractivity contribution in [2.24, 2.45) is 34.2 Å². The highest BCUT2D eigenvalue weighted by molar-refractivity contribution is 7.89. The summed E-state index contributed by atoms with van der Waals surface area (Å²) in [6, 6.07) is 4.79. The predicted octanol–water partition coefficient (Wildman–Crippen LogP) is 5.13. The number of hydrogen-bond acceptors (Lipinski definition) is 5. The summed E-state index contributed by atoms with van der Waals surface area (Å²) in [4.78, 5) is 17.2. The third kappa shape index (κ3) is 4.99. The maximum absolute atomic E-state index is 14.7. The summed E-state index contributed by atoms with van der Waals surface area (Å²) in [5.41, 5.74) is -0.105. The Hall–Kier alpha value is -2.80.